The van der Waals surface area contributed by atoms with Gasteiger partial charge in [-0.2, -0.15) is 0 Å². The summed E-state index contributed by atoms with van der Waals surface area (Å²) in [6, 6.07) is 7.21. The number of carbonyl (C=O) groups is 8. The lowest BCUT2D eigenvalue weighted by molar-refractivity contribution is -0.141. The third kappa shape index (κ3) is 17.4. The Bertz CT molecular complexity index is 1710. The zero-order valence-electron chi connectivity index (χ0n) is 32.9. The largest absolute Gasteiger partial charge is 0.508 e. The van der Waals surface area contributed by atoms with E-state index in [1.807, 2.05) is 0 Å². The lowest BCUT2D eigenvalue weighted by atomic mass is 10.0. The van der Waals surface area contributed by atoms with E-state index in [1.165, 1.54) is 19.1 Å². The molecule has 13 N–H and O–H groups in total. The van der Waals surface area contributed by atoms with Crippen LogP contribution in [0.25, 0.3) is 0 Å². The molecule has 58 heavy (non-hydrogen) atoms. The van der Waals surface area contributed by atoms with Crippen LogP contribution < -0.4 is 43.4 Å². The van der Waals surface area contributed by atoms with Crippen molar-refractivity contribution in [3.05, 3.63) is 65.7 Å². The molecule has 0 bridgehead atoms. The molecule has 0 aliphatic rings. The van der Waals surface area contributed by atoms with Gasteiger partial charge in [-0.25, -0.2) is 4.79 Å². The molecule has 19 nitrogen and oxygen atoms in total. The summed E-state index contributed by atoms with van der Waals surface area (Å²) in [6.45, 7) is 4.26. The monoisotopic (exact) mass is 812 g/mol. The van der Waals surface area contributed by atoms with Gasteiger partial charge in [0.15, 0.2) is 0 Å². The Morgan fingerprint density at radius 2 is 1.22 bits per heavy atom. The Morgan fingerprint density at radius 1 is 0.638 bits per heavy atom. The van der Waals surface area contributed by atoms with E-state index >= 15 is 0 Å². The number of nitrogens with two attached hydrogens (primary N) is 2. The molecule has 6 atom stereocenters. The standard InChI is InChI=1S/C39H56N8O11/c1-22(2)33(38(56)42-21-31(49)44-30(39(57)58)20-24-9-5-4-6-10-24)47-34(52)23(3)43-36(54)29(16-17-32(50)51)46-37(55)28(11-7-8-18-40)45-35(53)27(41)19-25-12-14-26(48)15-13-25/h4-6,9-10,12-15,22-23,27-30,33,48H,7-8,11,16-21,40-41H2,1-3H3,(H,42,56)(H,43,54)(H,44,49)(H,45,53)(H,46,55)(H,47,52)(H,50,51)(H,57,58)/t23-,27-,28-,29-,30-,33-/m0/s1. The number of aliphatic carboxylic acids is 2. The van der Waals surface area contributed by atoms with Crippen LogP contribution >= 0.6 is 0 Å². The Balaban J connectivity index is 2.07. The van der Waals surface area contributed by atoms with Gasteiger partial charge < -0.3 is 58.7 Å². The Kier molecular flexibility index (Phi) is 20.3. The number of phenols is 1. The van der Waals surface area contributed by atoms with E-state index in [-0.39, 0.29) is 31.4 Å². The van der Waals surface area contributed by atoms with Crippen molar-refractivity contribution in [1.82, 2.24) is 31.9 Å². The highest BCUT2D eigenvalue weighted by Gasteiger charge is 2.32. The van der Waals surface area contributed by atoms with Gasteiger partial charge in [0.1, 0.15) is 36.0 Å². The maximum Gasteiger partial charge on any atom is 0.326 e. The van der Waals surface area contributed by atoms with Crippen molar-refractivity contribution in [2.75, 3.05) is 13.1 Å². The van der Waals surface area contributed by atoms with E-state index in [2.05, 4.69) is 31.9 Å². The van der Waals surface area contributed by atoms with Gasteiger partial charge >= 0.3 is 11.9 Å². The highest BCUT2D eigenvalue weighted by molar-refractivity contribution is 5.96. The van der Waals surface area contributed by atoms with Crippen LogP contribution in [0.1, 0.15) is 64.0 Å². The molecule has 19 heteroatoms. The van der Waals surface area contributed by atoms with E-state index in [9.17, 15) is 53.7 Å². The van der Waals surface area contributed by atoms with E-state index in [0.29, 0.717) is 30.5 Å². The molecule has 0 aromatic heterocycles. The van der Waals surface area contributed by atoms with E-state index < -0.39 is 103 Å². The van der Waals surface area contributed by atoms with Crippen molar-refractivity contribution in [3.8, 4) is 5.75 Å². The summed E-state index contributed by atoms with van der Waals surface area (Å²) >= 11 is 0. The fourth-order valence-corrected chi connectivity index (χ4v) is 5.59. The van der Waals surface area contributed by atoms with Crippen LogP contribution in [0.2, 0.25) is 0 Å². The molecule has 0 aliphatic heterocycles. The average molecular weight is 813 g/mol. The van der Waals surface area contributed by atoms with Crippen LogP contribution in [-0.4, -0.2) is 112 Å². The van der Waals surface area contributed by atoms with E-state index in [4.69, 9.17) is 11.5 Å². The molecule has 6 amide bonds. The molecule has 2 aromatic carbocycles. The number of hydrogen-bond donors (Lipinski definition) is 11. The summed E-state index contributed by atoms with van der Waals surface area (Å²) in [6.07, 6.45) is 0.218. The molecular formula is C39H56N8O11. The molecule has 0 heterocycles. The first kappa shape index (κ1) is 48.1. The minimum Gasteiger partial charge on any atom is -0.508 e. The van der Waals surface area contributed by atoms with Crippen molar-refractivity contribution >= 4 is 47.4 Å². The van der Waals surface area contributed by atoms with E-state index in [0.717, 1.165) is 0 Å². The lowest BCUT2D eigenvalue weighted by Crippen LogP contribution is -2.59. The lowest BCUT2D eigenvalue weighted by Gasteiger charge is -2.26. The molecule has 0 saturated carbocycles. The number of rotatable bonds is 25. The highest BCUT2D eigenvalue weighted by atomic mass is 16.4. The number of carboxylic acid groups (broad SMARTS) is 2. The zero-order chi connectivity index (χ0) is 43.4. The molecular weight excluding hydrogens is 756 g/mol. The number of phenolic OH excluding ortho intramolecular Hbond substituents is 1. The van der Waals surface area contributed by atoms with Gasteiger partial charge in [-0.05, 0) is 74.8 Å². The van der Waals surface area contributed by atoms with E-state index in [1.54, 1.807) is 56.3 Å². The topological polar surface area (TPSA) is 321 Å². The predicted molar refractivity (Wildman–Crippen MR) is 211 cm³/mol. The number of benzene rings is 2. The summed E-state index contributed by atoms with van der Waals surface area (Å²) in [7, 11) is 0. The summed E-state index contributed by atoms with van der Waals surface area (Å²) in [5, 5.41) is 43.2. The molecule has 0 fully saturated rings. The highest BCUT2D eigenvalue weighted by Crippen LogP contribution is 2.12. The van der Waals surface area contributed by atoms with Crippen LogP contribution in [0.5, 0.6) is 5.75 Å². The van der Waals surface area contributed by atoms with Crippen LogP contribution in [0, 0.1) is 5.92 Å². The Labute approximate surface area is 336 Å². The second kappa shape index (κ2) is 24.5. The first-order chi connectivity index (χ1) is 27.4. The fraction of sp³-hybridized carbons (Fsp3) is 0.487. The smallest absolute Gasteiger partial charge is 0.326 e. The van der Waals surface area contributed by atoms with Gasteiger partial charge in [0, 0.05) is 12.8 Å². The van der Waals surface area contributed by atoms with Gasteiger partial charge in [-0.3, -0.25) is 33.6 Å². The number of unbranched alkanes of at least 4 members (excludes halogenated alkanes) is 1. The van der Waals surface area contributed by atoms with Crippen molar-refractivity contribution in [1.29, 1.82) is 0 Å². The van der Waals surface area contributed by atoms with Crippen molar-refractivity contribution < 1.29 is 53.7 Å². The van der Waals surface area contributed by atoms with Crippen LogP contribution in [0.4, 0.5) is 0 Å². The molecule has 0 radical (unpaired) electrons. The SMILES string of the molecule is CC(C)[C@H](NC(=O)[C@H](C)NC(=O)[C@H](CCC(=O)O)NC(=O)[C@H](CCCCN)NC(=O)[C@@H](N)Cc1ccc(O)cc1)C(=O)NCC(=O)N[C@@H](Cc1ccccc1)C(=O)O. The summed E-state index contributed by atoms with van der Waals surface area (Å²) in [5.74, 6) is -7.77. The number of nitrogens with one attached hydrogen (secondary N) is 6. The summed E-state index contributed by atoms with van der Waals surface area (Å²) in [4.78, 5) is 102. The van der Waals surface area contributed by atoms with Gasteiger partial charge in [-0.1, -0.05) is 56.3 Å². The molecule has 0 spiro atoms. The third-order valence-electron chi connectivity index (χ3n) is 8.93. The minimum absolute atomic E-state index is 0.00858. The van der Waals surface area contributed by atoms with Crippen molar-refractivity contribution in [2.45, 2.75) is 102 Å². The minimum atomic E-state index is -1.46. The molecule has 2 aromatic rings. The maximum atomic E-state index is 13.5. The van der Waals surface area contributed by atoms with Crippen LogP contribution in [0.3, 0.4) is 0 Å². The Hall–Kier alpha value is -6.08. The third-order valence-corrected chi connectivity index (χ3v) is 8.93. The van der Waals surface area contributed by atoms with Gasteiger partial charge in [0.2, 0.25) is 35.4 Å². The van der Waals surface area contributed by atoms with Gasteiger partial charge in [0.05, 0.1) is 12.6 Å². The molecule has 0 unspecified atom stereocenters. The summed E-state index contributed by atoms with van der Waals surface area (Å²) < 4.78 is 0. The number of aromatic hydroxyl groups is 1. The van der Waals surface area contributed by atoms with Gasteiger partial charge in [0.25, 0.3) is 0 Å². The van der Waals surface area contributed by atoms with Crippen molar-refractivity contribution in [3.63, 3.8) is 0 Å². The zero-order valence-corrected chi connectivity index (χ0v) is 32.9. The number of carbonyl (C=O) groups excluding carboxylic acids is 6. The van der Waals surface area contributed by atoms with Gasteiger partial charge in [-0.15, -0.1) is 0 Å². The Morgan fingerprint density at radius 3 is 1.81 bits per heavy atom. The molecule has 0 saturated heterocycles. The first-order valence-corrected chi connectivity index (χ1v) is 18.9. The second-order valence-corrected chi connectivity index (χ2v) is 14.1. The maximum absolute atomic E-state index is 13.5. The van der Waals surface area contributed by atoms with Crippen LogP contribution in [0.15, 0.2) is 54.6 Å². The first-order valence-electron chi connectivity index (χ1n) is 18.9. The van der Waals surface area contributed by atoms with Crippen LogP contribution in [-0.2, 0) is 51.2 Å². The predicted octanol–water partition coefficient (Wildman–Crippen LogP) is -1.20. The molecule has 2 rings (SSSR count). The summed E-state index contributed by atoms with van der Waals surface area (Å²) in [5.41, 5.74) is 13.0. The molecule has 318 valence electrons. The fourth-order valence-electron chi connectivity index (χ4n) is 5.59. The quantitative estimate of drug-likeness (QED) is 0.0526. The number of carboxylic acids is 2. The normalized spacial score (nSPS) is 14.0. The van der Waals surface area contributed by atoms with Crippen molar-refractivity contribution in [2.24, 2.45) is 17.4 Å². The number of amides is 6. The number of hydrogen-bond acceptors (Lipinski definition) is 11. The molecule has 0 aliphatic carbocycles. The second-order valence-electron chi connectivity index (χ2n) is 14.1. The average Bonchev–Trinajstić information content (AvgIpc) is 3.17.